The molecule has 4 N–H and O–H groups in total. The van der Waals surface area contributed by atoms with Gasteiger partial charge >= 0.3 is 0 Å². The minimum atomic E-state index is 0.470. The molecule has 0 spiro atoms. The number of aryl methyl sites for hydroxylation is 1. The Balaban J connectivity index is 1.50. The van der Waals surface area contributed by atoms with Crippen LogP contribution < -0.4 is 20.5 Å². The van der Waals surface area contributed by atoms with Crippen LogP contribution in [-0.2, 0) is 12.8 Å². The van der Waals surface area contributed by atoms with Gasteiger partial charge in [-0.1, -0.05) is 24.3 Å². The molecule has 28 heavy (non-hydrogen) atoms. The monoisotopic (exact) mass is 380 g/mol. The number of fused-ring (bicyclic) bond motifs is 1. The number of aromatic amines is 1. The molecule has 0 fully saturated rings. The molecule has 0 radical (unpaired) electrons. The van der Waals surface area contributed by atoms with Gasteiger partial charge in [-0.3, -0.25) is 4.99 Å². The molecule has 6 nitrogen and oxygen atoms in total. The highest BCUT2D eigenvalue weighted by Gasteiger charge is 2.07. The molecule has 1 heterocycles. The van der Waals surface area contributed by atoms with Crippen LogP contribution in [0.2, 0.25) is 0 Å². The van der Waals surface area contributed by atoms with E-state index in [0.717, 1.165) is 29.9 Å². The quantitative estimate of drug-likeness (QED) is 0.414. The zero-order chi connectivity index (χ0) is 19.9. The Bertz CT molecular complexity index is 962. The molecule has 0 atom stereocenters. The van der Waals surface area contributed by atoms with Gasteiger partial charge in [0.1, 0.15) is 0 Å². The number of nitrogens with one attached hydrogen (secondary N) is 2. The fourth-order valence-electron chi connectivity index (χ4n) is 3.37. The van der Waals surface area contributed by atoms with Gasteiger partial charge in [0.15, 0.2) is 17.5 Å². The highest BCUT2D eigenvalue weighted by atomic mass is 16.5. The van der Waals surface area contributed by atoms with E-state index in [0.29, 0.717) is 19.0 Å². The van der Waals surface area contributed by atoms with Crippen LogP contribution in [0.1, 0.15) is 16.8 Å². The Morgan fingerprint density at radius 1 is 1.07 bits per heavy atom. The molecule has 2 aromatic carbocycles. The lowest BCUT2D eigenvalue weighted by atomic mass is 10.1. The third kappa shape index (κ3) is 4.57. The van der Waals surface area contributed by atoms with E-state index >= 15 is 0 Å². The van der Waals surface area contributed by atoms with Crippen molar-refractivity contribution in [3.05, 3.63) is 59.3 Å². The van der Waals surface area contributed by atoms with Crippen molar-refractivity contribution in [2.24, 2.45) is 10.7 Å². The van der Waals surface area contributed by atoms with Crippen LogP contribution >= 0.6 is 0 Å². The maximum absolute atomic E-state index is 6.02. The average Bonchev–Trinajstić information content (AvgIpc) is 3.03. The number of nitrogens with zero attached hydrogens (tertiary/aromatic N) is 1. The van der Waals surface area contributed by atoms with E-state index in [1.165, 1.54) is 22.2 Å². The predicted molar refractivity (Wildman–Crippen MR) is 114 cm³/mol. The van der Waals surface area contributed by atoms with Crippen molar-refractivity contribution in [3.63, 3.8) is 0 Å². The number of hydrogen-bond acceptors (Lipinski definition) is 3. The van der Waals surface area contributed by atoms with Gasteiger partial charge in [-0.25, -0.2) is 0 Å². The van der Waals surface area contributed by atoms with Crippen LogP contribution in [0.3, 0.4) is 0 Å². The zero-order valence-corrected chi connectivity index (χ0v) is 16.7. The van der Waals surface area contributed by atoms with Crippen molar-refractivity contribution in [3.8, 4) is 11.5 Å². The number of methoxy groups -OCH3 is 2. The minimum absolute atomic E-state index is 0.470. The molecule has 0 unspecified atom stereocenters. The molecule has 0 aliphatic heterocycles. The smallest absolute Gasteiger partial charge is 0.188 e. The van der Waals surface area contributed by atoms with Crippen LogP contribution in [0.15, 0.2) is 47.5 Å². The highest BCUT2D eigenvalue weighted by molar-refractivity contribution is 5.84. The second-order valence-corrected chi connectivity index (χ2v) is 6.66. The van der Waals surface area contributed by atoms with Gasteiger partial charge in [-0.05, 0) is 49.1 Å². The van der Waals surface area contributed by atoms with E-state index in [4.69, 9.17) is 15.2 Å². The van der Waals surface area contributed by atoms with Crippen LogP contribution in [0.25, 0.3) is 10.9 Å². The SMILES string of the molecule is COc1ccc(CCNC(N)=NCCc2c(C)[nH]c3ccccc23)cc1OC. The van der Waals surface area contributed by atoms with Gasteiger partial charge in [-0.15, -0.1) is 0 Å². The predicted octanol–water partition coefficient (Wildman–Crippen LogP) is 3.18. The number of nitrogens with two attached hydrogens (primary N) is 1. The fourth-order valence-corrected chi connectivity index (χ4v) is 3.37. The molecule has 0 amide bonds. The zero-order valence-electron chi connectivity index (χ0n) is 16.7. The number of para-hydroxylation sites is 1. The number of aromatic nitrogens is 1. The normalized spacial score (nSPS) is 11.6. The van der Waals surface area contributed by atoms with Crippen molar-refractivity contribution < 1.29 is 9.47 Å². The van der Waals surface area contributed by atoms with Crippen molar-refractivity contribution in [2.75, 3.05) is 27.3 Å². The van der Waals surface area contributed by atoms with Crippen LogP contribution in [-0.4, -0.2) is 38.3 Å². The molecule has 0 saturated carbocycles. The summed E-state index contributed by atoms with van der Waals surface area (Å²) in [6.07, 6.45) is 1.67. The lowest BCUT2D eigenvalue weighted by Gasteiger charge is -2.10. The Hall–Kier alpha value is -3.15. The Kier molecular flexibility index (Phi) is 6.42. The lowest BCUT2D eigenvalue weighted by Crippen LogP contribution is -2.33. The summed E-state index contributed by atoms with van der Waals surface area (Å²) in [7, 11) is 3.27. The second-order valence-electron chi connectivity index (χ2n) is 6.66. The molecule has 0 aliphatic carbocycles. The maximum atomic E-state index is 6.02. The Morgan fingerprint density at radius 2 is 1.86 bits per heavy atom. The average molecular weight is 380 g/mol. The van der Waals surface area contributed by atoms with Crippen molar-refractivity contribution >= 4 is 16.9 Å². The number of hydrogen-bond donors (Lipinski definition) is 3. The first-order valence-corrected chi connectivity index (χ1v) is 9.43. The molecule has 0 bridgehead atoms. The summed E-state index contributed by atoms with van der Waals surface area (Å²) in [6.45, 7) is 3.46. The first-order valence-electron chi connectivity index (χ1n) is 9.43. The number of guanidine groups is 1. The molecule has 0 saturated heterocycles. The number of benzene rings is 2. The van der Waals surface area contributed by atoms with Crippen LogP contribution in [0.4, 0.5) is 0 Å². The van der Waals surface area contributed by atoms with Gasteiger partial charge in [0.2, 0.25) is 0 Å². The number of aliphatic imine (C=N–C) groups is 1. The first kappa shape index (κ1) is 19.6. The number of ether oxygens (including phenoxy) is 2. The lowest BCUT2D eigenvalue weighted by molar-refractivity contribution is 0.354. The standard InChI is InChI=1S/C22H28N4O2/c1-15-17(18-6-4-5-7-19(18)26-15)11-13-25-22(23)24-12-10-16-8-9-20(27-2)21(14-16)28-3/h4-9,14,26H,10-13H2,1-3H3,(H3,23,24,25). The van der Waals surface area contributed by atoms with Gasteiger partial charge in [0.05, 0.1) is 14.2 Å². The number of rotatable bonds is 8. The highest BCUT2D eigenvalue weighted by Crippen LogP contribution is 2.27. The summed E-state index contributed by atoms with van der Waals surface area (Å²) in [5.41, 5.74) is 10.8. The summed E-state index contributed by atoms with van der Waals surface area (Å²) in [5.74, 6) is 1.93. The molecule has 3 rings (SSSR count). The Morgan fingerprint density at radius 3 is 2.64 bits per heavy atom. The molecule has 3 aromatic rings. The van der Waals surface area contributed by atoms with Gasteiger partial charge in [0.25, 0.3) is 0 Å². The van der Waals surface area contributed by atoms with Crippen LogP contribution in [0.5, 0.6) is 11.5 Å². The van der Waals surface area contributed by atoms with E-state index in [-0.39, 0.29) is 0 Å². The summed E-state index contributed by atoms with van der Waals surface area (Å²) in [5, 5.41) is 4.44. The van der Waals surface area contributed by atoms with E-state index in [1.54, 1.807) is 14.2 Å². The summed E-state index contributed by atoms with van der Waals surface area (Å²) in [6, 6.07) is 14.3. The minimum Gasteiger partial charge on any atom is -0.493 e. The van der Waals surface area contributed by atoms with E-state index < -0.39 is 0 Å². The van der Waals surface area contributed by atoms with Gasteiger partial charge in [-0.2, -0.15) is 0 Å². The van der Waals surface area contributed by atoms with E-state index in [2.05, 4.69) is 40.4 Å². The van der Waals surface area contributed by atoms with Crippen molar-refractivity contribution in [1.29, 1.82) is 0 Å². The van der Waals surface area contributed by atoms with E-state index in [9.17, 15) is 0 Å². The molecular formula is C22H28N4O2. The molecule has 148 valence electrons. The summed E-state index contributed by atoms with van der Waals surface area (Å²) < 4.78 is 10.6. The van der Waals surface area contributed by atoms with Gasteiger partial charge in [0, 0.05) is 29.7 Å². The first-order chi connectivity index (χ1) is 13.6. The van der Waals surface area contributed by atoms with Crippen LogP contribution in [0, 0.1) is 6.92 Å². The molecule has 0 aliphatic rings. The largest absolute Gasteiger partial charge is 0.493 e. The molecule has 6 heteroatoms. The third-order valence-electron chi connectivity index (χ3n) is 4.84. The molecule has 1 aromatic heterocycles. The van der Waals surface area contributed by atoms with E-state index in [1.807, 2.05) is 24.3 Å². The molecular weight excluding hydrogens is 352 g/mol. The topological polar surface area (TPSA) is 84.7 Å². The summed E-state index contributed by atoms with van der Waals surface area (Å²) >= 11 is 0. The number of H-pyrrole nitrogens is 1. The van der Waals surface area contributed by atoms with Crippen molar-refractivity contribution in [2.45, 2.75) is 19.8 Å². The summed E-state index contributed by atoms with van der Waals surface area (Å²) in [4.78, 5) is 7.88. The Labute approximate surface area is 165 Å². The fraction of sp³-hybridized carbons (Fsp3) is 0.318. The third-order valence-corrected chi connectivity index (χ3v) is 4.84. The maximum Gasteiger partial charge on any atom is 0.188 e. The van der Waals surface area contributed by atoms with Crippen molar-refractivity contribution in [1.82, 2.24) is 10.3 Å². The second kappa shape index (κ2) is 9.17. The van der Waals surface area contributed by atoms with Gasteiger partial charge < -0.3 is 25.5 Å².